The van der Waals surface area contributed by atoms with Crippen molar-refractivity contribution in [2.75, 3.05) is 22.6 Å². The van der Waals surface area contributed by atoms with Crippen LogP contribution in [-0.4, -0.2) is 35.9 Å². The molecule has 8 heteroatoms. The van der Waals surface area contributed by atoms with E-state index in [1.165, 1.54) is 6.92 Å². The average Bonchev–Trinajstić information content (AvgIpc) is 2.44. The monoisotopic (exact) mass is 324 g/mol. The third-order valence-electron chi connectivity index (χ3n) is 2.72. The lowest BCUT2D eigenvalue weighted by atomic mass is 10.2. The summed E-state index contributed by atoms with van der Waals surface area (Å²) < 4.78 is 0. The van der Waals surface area contributed by atoms with Crippen LogP contribution in [0, 0.1) is 0 Å². The van der Waals surface area contributed by atoms with E-state index in [2.05, 4.69) is 16.0 Å². The Balaban J connectivity index is 2.67. The second-order valence-corrected chi connectivity index (χ2v) is 5.58. The van der Waals surface area contributed by atoms with E-state index < -0.39 is 12.1 Å². The summed E-state index contributed by atoms with van der Waals surface area (Å²) in [6.45, 7) is 1.42. The lowest BCUT2D eigenvalue weighted by Crippen LogP contribution is -2.46. The number of carbonyl (C=O) groups excluding carboxylic acids is 3. The number of benzene rings is 1. The fraction of sp³-hybridized carbons (Fsp3) is 0.357. The van der Waals surface area contributed by atoms with Crippen molar-refractivity contribution < 1.29 is 14.4 Å². The molecule has 1 rings (SSSR count). The van der Waals surface area contributed by atoms with Gasteiger partial charge < -0.3 is 21.7 Å². The highest BCUT2D eigenvalue weighted by Crippen LogP contribution is 2.14. The molecule has 120 valence electrons. The SMILES string of the molecule is CSCC[C@H](NC(N)=O)C(=O)Nc1ccc(NC(C)=O)cc1. The third kappa shape index (κ3) is 6.49. The summed E-state index contributed by atoms with van der Waals surface area (Å²) in [4.78, 5) is 34.1. The van der Waals surface area contributed by atoms with Gasteiger partial charge in [0.2, 0.25) is 11.8 Å². The van der Waals surface area contributed by atoms with Gasteiger partial charge in [-0.25, -0.2) is 4.79 Å². The summed E-state index contributed by atoms with van der Waals surface area (Å²) >= 11 is 1.58. The highest BCUT2D eigenvalue weighted by Gasteiger charge is 2.19. The Kier molecular flexibility index (Phi) is 7.24. The number of rotatable bonds is 7. The maximum atomic E-state index is 12.2. The van der Waals surface area contributed by atoms with Crippen LogP contribution in [0.5, 0.6) is 0 Å². The van der Waals surface area contributed by atoms with Crippen LogP contribution < -0.4 is 21.7 Å². The number of nitrogens with two attached hydrogens (primary N) is 1. The molecule has 0 aliphatic heterocycles. The van der Waals surface area contributed by atoms with E-state index in [0.29, 0.717) is 17.8 Å². The fourth-order valence-electron chi connectivity index (χ4n) is 1.75. The van der Waals surface area contributed by atoms with Crippen molar-refractivity contribution in [3.63, 3.8) is 0 Å². The van der Waals surface area contributed by atoms with Gasteiger partial charge in [0, 0.05) is 18.3 Å². The first-order chi connectivity index (χ1) is 10.4. The molecule has 0 aliphatic rings. The standard InChI is InChI=1S/C14H20N4O3S/c1-9(19)16-10-3-5-11(6-4-10)17-13(20)12(7-8-22-2)18-14(15)21/h3-6,12H,7-8H2,1-2H3,(H,16,19)(H,17,20)(H3,15,18,21)/t12-/m0/s1. The molecule has 4 amide bonds. The van der Waals surface area contributed by atoms with E-state index in [1.54, 1.807) is 36.0 Å². The Morgan fingerprint density at radius 3 is 2.14 bits per heavy atom. The predicted octanol–water partition coefficient (Wildman–Crippen LogP) is 1.37. The second kappa shape index (κ2) is 8.93. The summed E-state index contributed by atoms with van der Waals surface area (Å²) in [7, 11) is 0. The van der Waals surface area contributed by atoms with E-state index in [-0.39, 0.29) is 11.8 Å². The fourth-order valence-corrected chi connectivity index (χ4v) is 2.22. The average molecular weight is 324 g/mol. The Labute approximate surface area is 133 Å². The molecule has 1 atom stereocenters. The van der Waals surface area contributed by atoms with Crippen molar-refractivity contribution in [1.29, 1.82) is 0 Å². The number of hydrogen-bond acceptors (Lipinski definition) is 4. The summed E-state index contributed by atoms with van der Waals surface area (Å²) in [6, 6.07) is 5.27. The third-order valence-corrected chi connectivity index (χ3v) is 3.36. The number of carbonyl (C=O) groups is 3. The molecule has 5 N–H and O–H groups in total. The van der Waals surface area contributed by atoms with Crippen LogP contribution in [0.25, 0.3) is 0 Å². The van der Waals surface area contributed by atoms with Gasteiger partial charge in [-0.15, -0.1) is 0 Å². The van der Waals surface area contributed by atoms with Gasteiger partial charge in [-0.05, 0) is 42.7 Å². The van der Waals surface area contributed by atoms with Gasteiger partial charge in [0.15, 0.2) is 0 Å². The van der Waals surface area contributed by atoms with Crippen molar-refractivity contribution >= 4 is 41.0 Å². The zero-order valence-corrected chi connectivity index (χ0v) is 13.3. The Hall–Kier alpha value is -2.22. The minimum absolute atomic E-state index is 0.167. The molecule has 0 spiro atoms. The summed E-state index contributed by atoms with van der Waals surface area (Å²) in [6.07, 6.45) is 2.40. The van der Waals surface area contributed by atoms with Crippen LogP contribution in [0.1, 0.15) is 13.3 Å². The largest absolute Gasteiger partial charge is 0.352 e. The van der Waals surface area contributed by atoms with Crippen molar-refractivity contribution in [2.45, 2.75) is 19.4 Å². The maximum absolute atomic E-state index is 12.2. The van der Waals surface area contributed by atoms with Gasteiger partial charge in [-0.3, -0.25) is 9.59 Å². The van der Waals surface area contributed by atoms with Gasteiger partial charge >= 0.3 is 6.03 Å². The van der Waals surface area contributed by atoms with Crippen molar-refractivity contribution in [2.24, 2.45) is 5.73 Å². The van der Waals surface area contributed by atoms with Crippen LogP contribution in [0.2, 0.25) is 0 Å². The molecule has 1 aromatic carbocycles. The molecule has 0 bridgehead atoms. The first kappa shape index (κ1) is 17.8. The summed E-state index contributed by atoms with van der Waals surface area (Å²) in [5, 5.41) is 7.77. The quantitative estimate of drug-likeness (QED) is 0.606. The molecule has 0 aliphatic carbocycles. The smallest absolute Gasteiger partial charge is 0.312 e. The summed E-state index contributed by atoms with van der Waals surface area (Å²) in [5.41, 5.74) is 6.29. The van der Waals surface area contributed by atoms with Gasteiger partial charge in [0.05, 0.1) is 0 Å². The maximum Gasteiger partial charge on any atom is 0.312 e. The topological polar surface area (TPSA) is 113 Å². The molecule has 0 aromatic heterocycles. The molecule has 0 fully saturated rings. The van der Waals surface area contributed by atoms with Crippen LogP contribution >= 0.6 is 11.8 Å². The van der Waals surface area contributed by atoms with Crippen LogP contribution in [0.4, 0.5) is 16.2 Å². The number of nitrogens with one attached hydrogen (secondary N) is 3. The minimum atomic E-state index is -0.734. The summed E-state index contributed by atoms with van der Waals surface area (Å²) in [5.74, 6) is 0.222. The molecule has 0 saturated carbocycles. The lowest BCUT2D eigenvalue weighted by Gasteiger charge is -2.17. The normalized spacial score (nSPS) is 11.4. The Morgan fingerprint density at radius 1 is 1.14 bits per heavy atom. The van der Waals surface area contributed by atoms with E-state index >= 15 is 0 Å². The number of thioether (sulfide) groups is 1. The predicted molar refractivity (Wildman–Crippen MR) is 88.9 cm³/mol. The lowest BCUT2D eigenvalue weighted by molar-refractivity contribution is -0.118. The molecular formula is C14H20N4O3S. The molecule has 1 aromatic rings. The van der Waals surface area contributed by atoms with E-state index in [9.17, 15) is 14.4 Å². The van der Waals surface area contributed by atoms with Crippen LogP contribution in [0.3, 0.4) is 0 Å². The second-order valence-electron chi connectivity index (χ2n) is 4.59. The van der Waals surface area contributed by atoms with E-state index in [1.807, 2.05) is 6.26 Å². The van der Waals surface area contributed by atoms with Gasteiger partial charge in [0.1, 0.15) is 6.04 Å². The highest BCUT2D eigenvalue weighted by atomic mass is 32.2. The number of anilines is 2. The highest BCUT2D eigenvalue weighted by molar-refractivity contribution is 7.98. The van der Waals surface area contributed by atoms with Crippen LogP contribution in [-0.2, 0) is 9.59 Å². The Bertz CT molecular complexity index is 533. The zero-order valence-electron chi connectivity index (χ0n) is 12.5. The first-order valence-electron chi connectivity index (χ1n) is 6.65. The number of hydrogen-bond donors (Lipinski definition) is 4. The van der Waals surface area contributed by atoms with Crippen molar-refractivity contribution in [3.05, 3.63) is 24.3 Å². The van der Waals surface area contributed by atoms with Gasteiger partial charge in [0.25, 0.3) is 0 Å². The number of amides is 4. The molecule has 7 nitrogen and oxygen atoms in total. The van der Waals surface area contributed by atoms with Crippen molar-refractivity contribution in [1.82, 2.24) is 5.32 Å². The van der Waals surface area contributed by atoms with Gasteiger partial charge in [-0.1, -0.05) is 0 Å². The molecule has 0 saturated heterocycles. The molecule has 22 heavy (non-hydrogen) atoms. The van der Waals surface area contributed by atoms with E-state index in [0.717, 1.165) is 5.75 Å². The molecular weight excluding hydrogens is 304 g/mol. The number of urea groups is 1. The first-order valence-corrected chi connectivity index (χ1v) is 8.05. The van der Waals surface area contributed by atoms with Crippen LogP contribution in [0.15, 0.2) is 24.3 Å². The minimum Gasteiger partial charge on any atom is -0.352 e. The number of primary amides is 1. The Morgan fingerprint density at radius 2 is 1.68 bits per heavy atom. The van der Waals surface area contributed by atoms with Gasteiger partial charge in [-0.2, -0.15) is 11.8 Å². The molecule has 0 radical (unpaired) electrons. The van der Waals surface area contributed by atoms with Crippen molar-refractivity contribution in [3.8, 4) is 0 Å². The molecule has 0 unspecified atom stereocenters. The van der Waals surface area contributed by atoms with E-state index in [4.69, 9.17) is 5.73 Å². The molecule has 0 heterocycles. The zero-order chi connectivity index (χ0) is 16.5.